The van der Waals surface area contributed by atoms with Crippen molar-refractivity contribution >= 4 is 16.9 Å². The predicted octanol–water partition coefficient (Wildman–Crippen LogP) is 2.07. The quantitative estimate of drug-likeness (QED) is 0.860. The van der Waals surface area contributed by atoms with E-state index in [1.165, 1.54) is 0 Å². The van der Waals surface area contributed by atoms with Crippen LogP contribution in [0.2, 0.25) is 0 Å². The van der Waals surface area contributed by atoms with Crippen molar-refractivity contribution in [2.45, 2.75) is 13.3 Å². The van der Waals surface area contributed by atoms with Crippen LogP contribution in [0.1, 0.15) is 22.8 Å². The van der Waals surface area contributed by atoms with E-state index >= 15 is 0 Å². The third-order valence-electron chi connectivity index (χ3n) is 2.75. The lowest BCUT2D eigenvalue weighted by atomic mass is 10.0. The van der Waals surface area contributed by atoms with E-state index in [0.29, 0.717) is 0 Å². The van der Waals surface area contributed by atoms with E-state index in [1.807, 2.05) is 0 Å². The Bertz CT molecular complexity index is 707. The van der Waals surface area contributed by atoms with Gasteiger partial charge in [-0.05, 0) is 12.5 Å². The van der Waals surface area contributed by atoms with Crippen LogP contribution in [-0.2, 0) is 6.42 Å². The Morgan fingerprint density at radius 3 is 2.67 bits per heavy atom. The van der Waals surface area contributed by atoms with Crippen LogP contribution >= 0.6 is 0 Å². The Morgan fingerprint density at radius 1 is 1.44 bits per heavy atom. The number of aromatic amines is 1. The van der Waals surface area contributed by atoms with Crippen molar-refractivity contribution in [3.8, 4) is 0 Å². The number of aryl methyl sites for hydroxylation is 1. The lowest BCUT2D eigenvalue weighted by molar-refractivity contribution is 0.0695. The summed E-state index contributed by atoms with van der Waals surface area (Å²) in [5.41, 5.74) is -1.18. The van der Waals surface area contributed by atoms with Crippen molar-refractivity contribution in [3.63, 3.8) is 0 Å². The van der Waals surface area contributed by atoms with Crippen LogP contribution in [0.15, 0.2) is 17.1 Å². The van der Waals surface area contributed by atoms with Gasteiger partial charge in [-0.15, -0.1) is 0 Å². The van der Waals surface area contributed by atoms with Gasteiger partial charge in [0, 0.05) is 17.1 Å². The van der Waals surface area contributed by atoms with Crippen molar-refractivity contribution in [3.05, 3.63) is 45.2 Å². The first-order valence-corrected chi connectivity index (χ1v) is 5.23. The molecule has 94 valence electrons. The van der Waals surface area contributed by atoms with E-state index in [-0.39, 0.29) is 22.9 Å². The monoisotopic (exact) mass is 253 g/mol. The van der Waals surface area contributed by atoms with Gasteiger partial charge in [0.05, 0.1) is 5.52 Å². The van der Waals surface area contributed by atoms with Crippen LogP contribution < -0.4 is 5.43 Å². The largest absolute Gasteiger partial charge is 0.477 e. The molecule has 6 heteroatoms. The number of fused-ring (bicyclic) bond motifs is 1. The minimum atomic E-state index is -1.42. The van der Waals surface area contributed by atoms with Crippen LogP contribution in [0.3, 0.4) is 0 Å². The van der Waals surface area contributed by atoms with Crippen LogP contribution in [0.25, 0.3) is 10.9 Å². The molecule has 0 aliphatic heterocycles. The number of nitrogens with one attached hydrogen (secondary N) is 1. The fourth-order valence-corrected chi connectivity index (χ4v) is 1.87. The molecule has 0 unspecified atom stereocenters. The molecule has 4 nitrogen and oxygen atoms in total. The first kappa shape index (κ1) is 12.2. The Morgan fingerprint density at radius 2 is 2.11 bits per heavy atom. The molecule has 2 rings (SSSR count). The molecule has 0 spiro atoms. The van der Waals surface area contributed by atoms with Crippen molar-refractivity contribution in [1.29, 1.82) is 0 Å². The molecule has 1 heterocycles. The Hall–Kier alpha value is -2.24. The summed E-state index contributed by atoms with van der Waals surface area (Å²) in [6, 6.07) is 0.717. The summed E-state index contributed by atoms with van der Waals surface area (Å²) >= 11 is 0. The second kappa shape index (κ2) is 4.21. The average molecular weight is 253 g/mol. The highest BCUT2D eigenvalue weighted by Gasteiger charge is 2.18. The molecule has 0 aliphatic carbocycles. The number of rotatable bonds is 2. The number of benzene rings is 1. The fourth-order valence-electron chi connectivity index (χ4n) is 1.87. The summed E-state index contributed by atoms with van der Waals surface area (Å²) < 4.78 is 26.8. The second-order valence-electron chi connectivity index (χ2n) is 3.76. The highest BCUT2D eigenvalue weighted by molar-refractivity contribution is 5.93. The Balaban J connectivity index is 2.97. The molecule has 18 heavy (non-hydrogen) atoms. The van der Waals surface area contributed by atoms with Gasteiger partial charge in [-0.2, -0.15) is 0 Å². The molecule has 0 amide bonds. The molecular formula is C12H9F2NO3. The highest BCUT2D eigenvalue weighted by Crippen LogP contribution is 2.21. The third kappa shape index (κ3) is 1.66. The molecule has 1 aromatic carbocycles. The normalized spacial score (nSPS) is 10.8. The second-order valence-corrected chi connectivity index (χ2v) is 3.76. The van der Waals surface area contributed by atoms with E-state index in [0.717, 1.165) is 12.3 Å². The zero-order chi connectivity index (χ0) is 13.4. The molecule has 0 aliphatic rings. The van der Waals surface area contributed by atoms with Gasteiger partial charge in [-0.25, -0.2) is 13.6 Å². The van der Waals surface area contributed by atoms with Gasteiger partial charge in [-0.3, -0.25) is 4.79 Å². The SMILES string of the molecule is CCc1c(F)c(F)cc2c(=O)c(C(=O)O)c[nH]c12. The van der Waals surface area contributed by atoms with E-state index in [9.17, 15) is 18.4 Å². The van der Waals surface area contributed by atoms with Crippen molar-refractivity contribution in [2.24, 2.45) is 0 Å². The molecule has 0 radical (unpaired) electrons. The van der Waals surface area contributed by atoms with E-state index in [4.69, 9.17) is 5.11 Å². The average Bonchev–Trinajstić information content (AvgIpc) is 2.32. The number of hydrogen-bond acceptors (Lipinski definition) is 2. The number of carboxylic acids is 1. The zero-order valence-corrected chi connectivity index (χ0v) is 9.38. The Labute approximate surface area is 99.9 Å². The van der Waals surface area contributed by atoms with Gasteiger partial charge in [0.25, 0.3) is 0 Å². The van der Waals surface area contributed by atoms with Crippen LogP contribution in [0, 0.1) is 11.6 Å². The maximum Gasteiger partial charge on any atom is 0.341 e. The molecule has 0 bridgehead atoms. The van der Waals surface area contributed by atoms with Crippen molar-refractivity contribution < 1.29 is 18.7 Å². The molecule has 1 aromatic heterocycles. The standard InChI is InChI=1S/C12H9F2NO3/c1-2-5-9(14)8(13)3-6-10(5)15-4-7(11(6)16)12(17)18/h3-4H,2H2,1H3,(H,15,16)(H,17,18). The minimum Gasteiger partial charge on any atom is -0.477 e. The first-order valence-electron chi connectivity index (χ1n) is 5.23. The van der Waals surface area contributed by atoms with Gasteiger partial charge >= 0.3 is 5.97 Å². The summed E-state index contributed by atoms with van der Waals surface area (Å²) in [7, 11) is 0. The Kier molecular flexibility index (Phi) is 2.86. The summed E-state index contributed by atoms with van der Waals surface area (Å²) in [6.45, 7) is 1.61. The fraction of sp³-hybridized carbons (Fsp3) is 0.167. The van der Waals surface area contributed by atoms with Crippen molar-refractivity contribution in [2.75, 3.05) is 0 Å². The smallest absolute Gasteiger partial charge is 0.341 e. The molecule has 2 N–H and O–H groups in total. The molecule has 0 saturated heterocycles. The summed E-state index contributed by atoms with van der Waals surface area (Å²) in [5, 5.41) is 8.63. The van der Waals surface area contributed by atoms with E-state index in [1.54, 1.807) is 6.92 Å². The highest BCUT2D eigenvalue weighted by atomic mass is 19.2. The lowest BCUT2D eigenvalue weighted by Crippen LogP contribution is -2.16. The molecular weight excluding hydrogens is 244 g/mol. The predicted molar refractivity (Wildman–Crippen MR) is 60.8 cm³/mol. The third-order valence-corrected chi connectivity index (χ3v) is 2.75. The van der Waals surface area contributed by atoms with Gasteiger partial charge in [0.15, 0.2) is 11.6 Å². The number of halogens is 2. The number of aromatic nitrogens is 1. The summed E-state index contributed by atoms with van der Waals surface area (Å²) in [4.78, 5) is 25.1. The van der Waals surface area contributed by atoms with Crippen molar-refractivity contribution in [1.82, 2.24) is 4.98 Å². The van der Waals surface area contributed by atoms with Crippen LogP contribution in [-0.4, -0.2) is 16.1 Å². The van der Waals surface area contributed by atoms with Crippen LogP contribution in [0.4, 0.5) is 8.78 Å². The number of aromatic carboxylic acids is 1. The number of carboxylic acid groups (broad SMARTS) is 1. The van der Waals surface area contributed by atoms with Gasteiger partial charge in [0.1, 0.15) is 5.56 Å². The summed E-state index contributed by atoms with van der Waals surface area (Å²) in [6.07, 6.45) is 1.17. The van der Waals surface area contributed by atoms with Gasteiger partial charge < -0.3 is 10.1 Å². The maximum absolute atomic E-state index is 13.5. The number of hydrogen-bond donors (Lipinski definition) is 2. The maximum atomic E-state index is 13.5. The lowest BCUT2D eigenvalue weighted by Gasteiger charge is -2.07. The topological polar surface area (TPSA) is 70.2 Å². The van der Waals surface area contributed by atoms with Gasteiger partial charge in [0.2, 0.25) is 5.43 Å². The number of H-pyrrole nitrogens is 1. The number of carbonyl (C=O) groups is 1. The molecule has 0 fully saturated rings. The van der Waals surface area contributed by atoms with Gasteiger partial charge in [-0.1, -0.05) is 6.92 Å². The van der Waals surface area contributed by atoms with E-state index < -0.39 is 28.6 Å². The van der Waals surface area contributed by atoms with E-state index in [2.05, 4.69) is 4.98 Å². The molecule has 0 atom stereocenters. The first-order chi connectivity index (χ1) is 8.47. The zero-order valence-electron chi connectivity index (χ0n) is 9.38. The summed E-state index contributed by atoms with van der Waals surface area (Å²) in [5.74, 6) is -3.60. The van der Waals surface area contributed by atoms with Crippen LogP contribution in [0.5, 0.6) is 0 Å². The number of pyridine rings is 1. The molecule has 0 saturated carbocycles. The minimum absolute atomic E-state index is 0.0269. The molecule has 2 aromatic rings.